The summed E-state index contributed by atoms with van der Waals surface area (Å²) in [6.45, 7) is 2.73. The molecule has 0 aliphatic carbocycles. The van der Waals surface area contributed by atoms with Crippen LogP contribution in [0.25, 0.3) is 11.1 Å². The minimum Gasteiger partial charge on any atom is -0.320 e. The molecule has 134 valence electrons. The zero-order valence-electron chi connectivity index (χ0n) is 14.6. The topological polar surface area (TPSA) is 34.9 Å². The normalized spacial score (nSPS) is 10.9. The smallest absolute Gasteiger partial charge is 0.169 e. The lowest BCUT2D eigenvalue weighted by Gasteiger charge is -2.12. The third kappa shape index (κ3) is 4.18. The Kier molecular flexibility index (Phi) is 6.48. The number of imidazole rings is 1. The van der Waals surface area contributed by atoms with Crippen LogP contribution in [0.2, 0.25) is 5.15 Å². The van der Waals surface area contributed by atoms with Gasteiger partial charge in [-0.3, -0.25) is 4.79 Å². The summed E-state index contributed by atoms with van der Waals surface area (Å²) in [5.74, 6) is 0.876. The van der Waals surface area contributed by atoms with E-state index in [1.165, 1.54) is 14.7 Å². The lowest BCUT2D eigenvalue weighted by Crippen LogP contribution is -2.09. The van der Waals surface area contributed by atoms with E-state index in [2.05, 4.69) is 64.8 Å². The first-order valence-corrected chi connectivity index (χ1v) is 10.1. The lowest BCUT2D eigenvalue weighted by molar-refractivity contribution is 0.111. The molecule has 5 heteroatoms. The van der Waals surface area contributed by atoms with Crippen LogP contribution in [0.5, 0.6) is 0 Å². The molecule has 1 aromatic heterocycles. The van der Waals surface area contributed by atoms with Crippen LogP contribution in [0.15, 0.2) is 48.5 Å². The van der Waals surface area contributed by atoms with Gasteiger partial charge in [-0.1, -0.05) is 67.4 Å². The van der Waals surface area contributed by atoms with E-state index >= 15 is 0 Å². The molecule has 0 atom stereocenters. The third-order valence-corrected chi connectivity index (χ3v) is 5.54. The summed E-state index contributed by atoms with van der Waals surface area (Å²) < 4.78 is 3.12. The predicted octanol–water partition coefficient (Wildman–Crippen LogP) is 6.01. The second-order valence-electron chi connectivity index (χ2n) is 6.19. The summed E-state index contributed by atoms with van der Waals surface area (Å²) in [6, 6.07) is 16.7. The number of carbonyl (C=O) groups excluding carboxylic acids is 1. The molecule has 3 nitrogen and oxygen atoms in total. The number of aromatic nitrogens is 2. The van der Waals surface area contributed by atoms with Crippen molar-refractivity contribution in [1.29, 1.82) is 0 Å². The summed E-state index contributed by atoms with van der Waals surface area (Å²) in [6.07, 6.45) is 3.72. The Balaban J connectivity index is 1.92. The summed E-state index contributed by atoms with van der Waals surface area (Å²) in [4.78, 5) is 15.9. The van der Waals surface area contributed by atoms with Crippen LogP contribution >= 0.6 is 34.2 Å². The molecule has 0 fully saturated rings. The van der Waals surface area contributed by atoms with Gasteiger partial charge in [0.05, 0.1) is 0 Å². The Labute approximate surface area is 172 Å². The fourth-order valence-corrected chi connectivity index (χ4v) is 4.12. The van der Waals surface area contributed by atoms with Crippen LogP contribution in [0.4, 0.5) is 0 Å². The minimum absolute atomic E-state index is 0.293. The number of carbonyl (C=O) groups is 1. The maximum absolute atomic E-state index is 11.5. The number of aryl methyl sites for hydroxylation is 1. The van der Waals surface area contributed by atoms with Crippen molar-refractivity contribution in [2.75, 3.05) is 0 Å². The van der Waals surface area contributed by atoms with Crippen LogP contribution in [-0.2, 0) is 13.0 Å². The van der Waals surface area contributed by atoms with Gasteiger partial charge in [0, 0.05) is 16.5 Å². The lowest BCUT2D eigenvalue weighted by atomic mass is 10.0. The molecule has 0 saturated carbocycles. The number of hydrogen-bond donors (Lipinski definition) is 0. The summed E-state index contributed by atoms with van der Waals surface area (Å²) >= 11 is 8.53. The Morgan fingerprint density at radius 1 is 1.19 bits per heavy atom. The van der Waals surface area contributed by atoms with Gasteiger partial charge in [-0.05, 0) is 51.8 Å². The predicted molar refractivity (Wildman–Crippen MR) is 115 cm³/mol. The van der Waals surface area contributed by atoms with Gasteiger partial charge in [0.2, 0.25) is 0 Å². The number of halogens is 2. The molecule has 0 bridgehead atoms. The summed E-state index contributed by atoms with van der Waals surface area (Å²) in [7, 11) is 0. The van der Waals surface area contributed by atoms with E-state index in [1.54, 1.807) is 0 Å². The Morgan fingerprint density at radius 3 is 2.62 bits per heavy atom. The molecule has 0 radical (unpaired) electrons. The zero-order chi connectivity index (χ0) is 18.5. The number of aldehydes is 1. The molecule has 3 aromatic rings. The van der Waals surface area contributed by atoms with Crippen molar-refractivity contribution in [2.45, 2.75) is 32.7 Å². The van der Waals surface area contributed by atoms with E-state index < -0.39 is 0 Å². The molecule has 2 aromatic carbocycles. The molecule has 26 heavy (non-hydrogen) atoms. The Morgan fingerprint density at radius 2 is 1.96 bits per heavy atom. The van der Waals surface area contributed by atoms with E-state index in [1.807, 2.05) is 22.8 Å². The third-order valence-electron chi connectivity index (χ3n) is 4.37. The van der Waals surface area contributed by atoms with E-state index in [9.17, 15) is 4.79 Å². The second-order valence-corrected chi connectivity index (χ2v) is 7.71. The fraction of sp³-hybridized carbons (Fsp3) is 0.238. The Hall–Kier alpha value is -1.66. The highest BCUT2D eigenvalue weighted by atomic mass is 127. The summed E-state index contributed by atoms with van der Waals surface area (Å²) in [5.41, 5.74) is 4.00. The SMILES string of the molecule is CCCCc1nc(Cl)c(C=O)n1Cc1ccc(-c2ccccc2)c(I)c1. The maximum atomic E-state index is 11.5. The standard InChI is InChI=1S/C21H20ClIN2O/c1-2-3-9-20-24-21(22)19(14-26)25(20)13-15-10-11-17(18(23)12-15)16-7-5-4-6-8-16/h4-8,10-12,14H,2-3,9,13H2,1H3. The van der Waals surface area contributed by atoms with E-state index in [0.29, 0.717) is 17.4 Å². The molecule has 0 spiro atoms. The number of unbranched alkanes of at least 4 members (excludes halogenated alkanes) is 1. The monoisotopic (exact) mass is 478 g/mol. The first kappa shape index (κ1) is 19.1. The number of hydrogen-bond acceptors (Lipinski definition) is 2. The van der Waals surface area contributed by atoms with Crippen molar-refractivity contribution in [3.63, 3.8) is 0 Å². The van der Waals surface area contributed by atoms with Crippen molar-refractivity contribution in [1.82, 2.24) is 9.55 Å². The Bertz CT molecular complexity index is 906. The number of benzene rings is 2. The first-order valence-electron chi connectivity index (χ1n) is 8.68. The van der Waals surface area contributed by atoms with Gasteiger partial charge < -0.3 is 4.57 Å². The molecule has 0 saturated heterocycles. The van der Waals surface area contributed by atoms with Gasteiger partial charge in [0.25, 0.3) is 0 Å². The zero-order valence-corrected chi connectivity index (χ0v) is 17.5. The van der Waals surface area contributed by atoms with E-state index in [0.717, 1.165) is 36.9 Å². The highest BCUT2D eigenvalue weighted by molar-refractivity contribution is 14.1. The summed E-state index contributed by atoms with van der Waals surface area (Å²) in [5, 5.41) is 0.293. The first-order chi connectivity index (χ1) is 12.6. The van der Waals surface area contributed by atoms with E-state index in [-0.39, 0.29) is 0 Å². The average molecular weight is 479 g/mol. The molecule has 0 amide bonds. The van der Waals surface area contributed by atoms with Crippen molar-refractivity contribution >= 4 is 40.5 Å². The largest absolute Gasteiger partial charge is 0.320 e. The van der Waals surface area contributed by atoms with Crippen LogP contribution in [-0.4, -0.2) is 15.8 Å². The van der Waals surface area contributed by atoms with Crippen LogP contribution in [0.1, 0.15) is 41.6 Å². The van der Waals surface area contributed by atoms with Gasteiger partial charge in [-0.2, -0.15) is 0 Å². The highest BCUT2D eigenvalue weighted by Gasteiger charge is 2.16. The van der Waals surface area contributed by atoms with Crippen LogP contribution in [0.3, 0.4) is 0 Å². The molecular formula is C21H20ClIN2O. The van der Waals surface area contributed by atoms with Crippen molar-refractivity contribution < 1.29 is 4.79 Å². The van der Waals surface area contributed by atoms with Gasteiger partial charge in [0.15, 0.2) is 11.4 Å². The molecule has 3 rings (SSSR count). The number of nitrogens with zero attached hydrogens (tertiary/aromatic N) is 2. The molecule has 0 aliphatic rings. The van der Waals surface area contributed by atoms with Crippen molar-refractivity contribution in [3.8, 4) is 11.1 Å². The van der Waals surface area contributed by atoms with E-state index in [4.69, 9.17) is 11.6 Å². The molecule has 1 heterocycles. The van der Waals surface area contributed by atoms with Crippen molar-refractivity contribution in [2.24, 2.45) is 0 Å². The molecular weight excluding hydrogens is 459 g/mol. The quantitative estimate of drug-likeness (QED) is 0.308. The number of rotatable bonds is 7. The van der Waals surface area contributed by atoms with Gasteiger partial charge in [-0.15, -0.1) is 0 Å². The highest BCUT2D eigenvalue weighted by Crippen LogP contribution is 2.27. The van der Waals surface area contributed by atoms with Crippen LogP contribution in [0, 0.1) is 3.57 Å². The average Bonchev–Trinajstić information content (AvgIpc) is 2.95. The fourth-order valence-electron chi connectivity index (χ4n) is 2.99. The molecule has 0 unspecified atom stereocenters. The molecule has 0 aliphatic heterocycles. The minimum atomic E-state index is 0.293. The van der Waals surface area contributed by atoms with Gasteiger partial charge in [-0.25, -0.2) is 4.98 Å². The van der Waals surface area contributed by atoms with Crippen molar-refractivity contribution in [3.05, 3.63) is 74.3 Å². The van der Waals surface area contributed by atoms with Gasteiger partial charge >= 0.3 is 0 Å². The van der Waals surface area contributed by atoms with Gasteiger partial charge in [0.1, 0.15) is 11.5 Å². The maximum Gasteiger partial charge on any atom is 0.169 e. The van der Waals surface area contributed by atoms with Crippen LogP contribution < -0.4 is 0 Å². The molecule has 0 N–H and O–H groups in total. The second kappa shape index (κ2) is 8.82.